The first kappa shape index (κ1) is 22.0. The number of halogens is 5. The third-order valence-corrected chi connectivity index (χ3v) is 5.20. The molecule has 1 heterocycles. The number of aromatic nitrogens is 2. The summed E-state index contributed by atoms with van der Waals surface area (Å²) in [5.41, 5.74) is 7.20. The van der Waals surface area contributed by atoms with Crippen LogP contribution in [0.4, 0.5) is 22.0 Å². The molecule has 0 atom stereocenters. The summed E-state index contributed by atoms with van der Waals surface area (Å²) >= 11 is 0. The van der Waals surface area contributed by atoms with Crippen molar-refractivity contribution in [3.05, 3.63) is 35.5 Å². The summed E-state index contributed by atoms with van der Waals surface area (Å²) < 4.78 is 70.6. The Morgan fingerprint density at radius 2 is 1.83 bits per heavy atom. The van der Waals surface area contributed by atoms with E-state index in [-0.39, 0.29) is 43.2 Å². The predicted octanol–water partition coefficient (Wildman–Crippen LogP) is 5.04. The molecule has 0 spiro atoms. The summed E-state index contributed by atoms with van der Waals surface area (Å²) in [6.45, 7) is 1.17. The monoisotopic (exact) mass is 431 g/mol. The first-order chi connectivity index (χ1) is 14.0. The smallest absolute Gasteiger partial charge is 0.392 e. The molecule has 1 aromatic carbocycles. The molecule has 0 aliphatic heterocycles. The fraction of sp³-hybridized carbons (Fsp3) is 0.500. The van der Waals surface area contributed by atoms with Crippen LogP contribution in [-0.2, 0) is 0 Å². The number of hydrogen-bond acceptors (Lipinski definition) is 3. The Morgan fingerprint density at radius 3 is 2.37 bits per heavy atom. The SMILES string of the molecule is Cc1c(C(N)=O)nn(C2CCC(F)(F)CC2)c1-c1ccc(OCCC(F)(F)F)cc1. The summed E-state index contributed by atoms with van der Waals surface area (Å²) in [6, 6.07) is 5.98. The zero-order valence-corrected chi connectivity index (χ0v) is 16.3. The van der Waals surface area contributed by atoms with E-state index in [1.54, 1.807) is 23.7 Å². The number of carbonyl (C=O) groups is 1. The third kappa shape index (κ3) is 5.09. The molecular formula is C20H22F5N3O2. The van der Waals surface area contributed by atoms with E-state index in [0.717, 1.165) is 0 Å². The minimum Gasteiger partial charge on any atom is -0.493 e. The molecule has 164 valence electrons. The van der Waals surface area contributed by atoms with Gasteiger partial charge in [-0.05, 0) is 44.0 Å². The van der Waals surface area contributed by atoms with Gasteiger partial charge in [0.15, 0.2) is 5.69 Å². The van der Waals surface area contributed by atoms with Crippen molar-refractivity contribution in [1.82, 2.24) is 9.78 Å². The van der Waals surface area contributed by atoms with Gasteiger partial charge in [0.25, 0.3) is 5.91 Å². The van der Waals surface area contributed by atoms with E-state index in [1.807, 2.05) is 0 Å². The van der Waals surface area contributed by atoms with E-state index in [1.165, 1.54) is 12.1 Å². The molecule has 2 aromatic rings. The zero-order valence-electron chi connectivity index (χ0n) is 16.3. The first-order valence-corrected chi connectivity index (χ1v) is 9.53. The predicted molar refractivity (Wildman–Crippen MR) is 99.5 cm³/mol. The van der Waals surface area contributed by atoms with Gasteiger partial charge in [-0.2, -0.15) is 18.3 Å². The van der Waals surface area contributed by atoms with Crippen LogP contribution in [0, 0.1) is 6.92 Å². The van der Waals surface area contributed by atoms with Crippen LogP contribution in [0.1, 0.15) is 54.2 Å². The molecule has 1 aliphatic carbocycles. The number of primary amides is 1. The van der Waals surface area contributed by atoms with E-state index in [9.17, 15) is 26.7 Å². The van der Waals surface area contributed by atoms with Crippen molar-refractivity contribution in [3.63, 3.8) is 0 Å². The molecule has 3 rings (SSSR count). The van der Waals surface area contributed by atoms with Crippen molar-refractivity contribution in [1.29, 1.82) is 0 Å². The highest BCUT2D eigenvalue weighted by atomic mass is 19.4. The van der Waals surface area contributed by atoms with E-state index in [2.05, 4.69) is 5.10 Å². The number of nitrogens with two attached hydrogens (primary N) is 1. The molecule has 1 aliphatic rings. The molecule has 1 saturated carbocycles. The van der Waals surface area contributed by atoms with Gasteiger partial charge >= 0.3 is 6.18 Å². The van der Waals surface area contributed by atoms with E-state index in [4.69, 9.17) is 10.5 Å². The van der Waals surface area contributed by atoms with Gasteiger partial charge in [0.2, 0.25) is 5.92 Å². The molecule has 0 radical (unpaired) electrons. The van der Waals surface area contributed by atoms with Crippen LogP contribution >= 0.6 is 0 Å². The second kappa shape index (κ2) is 8.23. The highest BCUT2D eigenvalue weighted by Crippen LogP contribution is 2.41. The van der Waals surface area contributed by atoms with Crippen LogP contribution in [0.5, 0.6) is 5.75 Å². The van der Waals surface area contributed by atoms with Crippen molar-refractivity contribution in [2.24, 2.45) is 5.73 Å². The van der Waals surface area contributed by atoms with Crippen molar-refractivity contribution in [2.75, 3.05) is 6.61 Å². The average molecular weight is 431 g/mol. The normalized spacial score (nSPS) is 17.1. The van der Waals surface area contributed by atoms with Crippen molar-refractivity contribution >= 4 is 5.91 Å². The lowest BCUT2D eigenvalue weighted by atomic mass is 9.92. The molecule has 30 heavy (non-hydrogen) atoms. The summed E-state index contributed by atoms with van der Waals surface area (Å²) in [7, 11) is 0. The fourth-order valence-electron chi connectivity index (χ4n) is 3.63. The van der Waals surface area contributed by atoms with Crippen molar-refractivity contribution in [2.45, 2.75) is 57.2 Å². The maximum atomic E-state index is 13.6. The van der Waals surface area contributed by atoms with Crippen molar-refractivity contribution in [3.8, 4) is 17.0 Å². The van der Waals surface area contributed by atoms with Crippen LogP contribution in [0.25, 0.3) is 11.3 Å². The van der Waals surface area contributed by atoms with Gasteiger partial charge in [0.1, 0.15) is 5.75 Å². The van der Waals surface area contributed by atoms with Crippen LogP contribution in [0.15, 0.2) is 24.3 Å². The van der Waals surface area contributed by atoms with Gasteiger partial charge in [-0.1, -0.05) is 0 Å². The highest BCUT2D eigenvalue weighted by molar-refractivity contribution is 5.94. The van der Waals surface area contributed by atoms with Gasteiger partial charge in [0.05, 0.1) is 24.8 Å². The van der Waals surface area contributed by atoms with E-state index < -0.39 is 31.0 Å². The molecule has 0 unspecified atom stereocenters. The molecular weight excluding hydrogens is 409 g/mol. The highest BCUT2D eigenvalue weighted by Gasteiger charge is 2.37. The van der Waals surface area contributed by atoms with E-state index >= 15 is 0 Å². The second-order valence-corrected chi connectivity index (χ2v) is 7.46. The molecule has 0 saturated heterocycles. The standard InChI is InChI=1S/C20H22F5N3O2/c1-12-16(18(26)29)27-28(14-6-8-19(21,22)9-7-14)17(12)13-2-4-15(5-3-13)30-11-10-20(23,24)25/h2-5,14H,6-11H2,1H3,(H2,26,29). The molecule has 2 N–H and O–H groups in total. The lowest BCUT2D eigenvalue weighted by molar-refractivity contribution is -0.139. The van der Waals surface area contributed by atoms with Gasteiger partial charge in [-0.3, -0.25) is 9.48 Å². The quantitative estimate of drug-likeness (QED) is 0.652. The summed E-state index contributed by atoms with van der Waals surface area (Å²) in [6.07, 6.45) is -5.49. The Morgan fingerprint density at radius 1 is 1.23 bits per heavy atom. The Balaban J connectivity index is 1.86. The topological polar surface area (TPSA) is 70.1 Å². The second-order valence-electron chi connectivity index (χ2n) is 7.46. The first-order valence-electron chi connectivity index (χ1n) is 9.53. The van der Waals surface area contributed by atoms with Crippen LogP contribution < -0.4 is 10.5 Å². The molecule has 0 bridgehead atoms. The minimum atomic E-state index is -4.30. The van der Waals surface area contributed by atoms with Crippen LogP contribution in [0.2, 0.25) is 0 Å². The Kier molecular flexibility index (Phi) is 6.05. The Bertz CT molecular complexity index is 896. The third-order valence-electron chi connectivity index (χ3n) is 5.20. The van der Waals surface area contributed by atoms with Crippen LogP contribution in [-0.4, -0.2) is 34.4 Å². The Labute approximate surface area is 170 Å². The maximum absolute atomic E-state index is 13.6. The number of rotatable bonds is 6. The van der Waals surface area contributed by atoms with Gasteiger partial charge < -0.3 is 10.5 Å². The van der Waals surface area contributed by atoms with Gasteiger partial charge in [0, 0.05) is 24.0 Å². The summed E-state index contributed by atoms with van der Waals surface area (Å²) in [5.74, 6) is -3.17. The molecule has 1 fully saturated rings. The van der Waals surface area contributed by atoms with Crippen LogP contribution in [0.3, 0.4) is 0 Å². The number of alkyl halides is 5. The van der Waals surface area contributed by atoms with Gasteiger partial charge in [-0.15, -0.1) is 0 Å². The number of hydrogen-bond donors (Lipinski definition) is 1. The largest absolute Gasteiger partial charge is 0.493 e. The lowest BCUT2D eigenvalue weighted by Gasteiger charge is -2.29. The minimum absolute atomic E-state index is 0.0628. The van der Waals surface area contributed by atoms with Crippen molar-refractivity contribution < 1.29 is 31.5 Å². The Hall–Kier alpha value is -2.65. The zero-order chi connectivity index (χ0) is 22.1. The molecule has 10 heteroatoms. The summed E-state index contributed by atoms with van der Waals surface area (Å²) in [5, 5.41) is 4.30. The number of amides is 1. The number of carbonyl (C=O) groups excluding carboxylic acids is 1. The summed E-state index contributed by atoms with van der Waals surface area (Å²) in [4.78, 5) is 11.8. The van der Waals surface area contributed by atoms with Gasteiger partial charge in [-0.25, -0.2) is 8.78 Å². The number of nitrogens with zero attached hydrogens (tertiary/aromatic N) is 2. The molecule has 1 aromatic heterocycles. The average Bonchev–Trinajstić information content (AvgIpc) is 2.99. The molecule has 1 amide bonds. The fourth-order valence-corrected chi connectivity index (χ4v) is 3.63. The molecule has 5 nitrogen and oxygen atoms in total. The number of ether oxygens (including phenoxy) is 1. The number of benzene rings is 1. The maximum Gasteiger partial charge on any atom is 0.392 e. The van der Waals surface area contributed by atoms with E-state index in [0.29, 0.717) is 16.8 Å². The lowest BCUT2D eigenvalue weighted by Crippen LogP contribution is -2.27.